The quantitative estimate of drug-likeness (QED) is 0.724. The summed E-state index contributed by atoms with van der Waals surface area (Å²) in [6, 6.07) is 5.09. The normalized spacial score (nSPS) is 11.7. The predicted octanol–water partition coefficient (Wildman–Crippen LogP) is 0.602. The van der Waals surface area contributed by atoms with Crippen molar-refractivity contribution in [1.82, 2.24) is 4.57 Å². The average Bonchev–Trinajstić information content (AvgIpc) is 2.13. The van der Waals surface area contributed by atoms with Gasteiger partial charge in [0, 0.05) is 24.3 Å². The molecule has 0 spiro atoms. The van der Waals surface area contributed by atoms with E-state index in [9.17, 15) is 4.79 Å². The van der Waals surface area contributed by atoms with Gasteiger partial charge in [0.2, 0.25) is 0 Å². The van der Waals surface area contributed by atoms with Gasteiger partial charge in [0.25, 0.3) is 5.56 Å². The number of ether oxygens (including phenoxy) is 1. The Morgan fingerprint density at radius 1 is 1.47 bits per heavy atom. The minimum atomic E-state index is -0.318. The first kappa shape index (κ1) is 11.9. The van der Waals surface area contributed by atoms with Crippen LogP contribution >= 0.6 is 0 Å². The van der Waals surface area contributed by atoms with Gasteiger partial charge in [-0.05, 0) is 19.9 Å². The van der Waals surface area contributed by atoms with Gasteiger partial charge >= 0.3 is 0 Å². The monoisotopic (exact) mass is 210 g/mol. The Morgan fingerprint density at radius 2 is 2.20 bits per heavy atom. The Labute approximate surface area is 89.7 Å². The molecule has 1 heterocycles. The van der Waals surface area contributed by atoms with E-state index in [1.807, 2.05) is 19.9 Å². The average molecular weight is 210 g/mol. The smallest absolute Gasteiger partial charge is 0.250 e. The van der Waals surface area contributed by atoms with Crippen LogP contribution in [-0.2, 0) is 11.3 Å². The summed E-state index contributed by atoms with van der Waals surface area (Å²) in [4.78, 5) is 11.3. The number of hydrogen-bond donors (Lipinski definition) is 1. The molecule has 1 aromatic heterocycles. The van der Waals surface area contributed by atoms with Crippen molar-refractivity contribution in [2.75, 3.05) is 13.2 Å². The van der Waals surface area contributed by atoms with Gasteiger partial charge in [-0.1, -0.05) is 6.07 Å². The largest absolute Gasteiger partial charge is 0.378 e. The number of hydrogen-bond acceptors (Lipinski definition) is 3. The van der Waals surface area contributed by atoms with E-state index in [-0.39, 0.29) is 11.1 Å². The van der Waals surface area contributed by atoms with Gasteiger partial charge in [-0.3, -0.25) is 4.79 Å². The van der Waals surface area contributed by atoms with Crippen LogP contribution in [0.15, 0.2) is 29.2 Å². The molecular weight excluding hydrogens is 192 g/mol. The number of aromatic nitrogens is 1. The van der Waals surface area contributed by atoms with Crippen LogP contribution in [0.25, 0.3) is 0 Å². The van der Waals surface area contributed by atoms with E-state index in [2.05, 4.69) is 0 Å². The maximum atomic E-state index is 11.3. The fourth-order valence-corrected chi connectivity index (χ4v) is 1.14. The lowest BCUT2D eigenvalue weighted by Gasteiger charge is -2.18. The lowest BCUT2D eigenvalue weighted by atomic mass is 10.1. The van der Waals surface area contributed by atoms with E-state index in [1.54, 1.807) is 16.8 Å². The Balaban J connectivity index is 2.33. The Kier molecular flexibility index (Phi) is 4.05. The molecule has 0 aliphatic rings. The maximum absolute atomic E-state index is 11.3. The molecule has 1 aromatic rings. The number of pyridine rings is 1. The molecule has 0 aromatic carbocycles. The van der Waals surface area contributed by atoms with Crippen molar-refractivity contribution < 1.29 is 4.74 Å². The van der Waals surface area contributed by atoms with E-state index in [4.69, 9.17) is 10.5 Å². The predicted molar refractivity (Wildman–Crippen MR) is 59.8 cm³/mol. The summed E-state index contributed by atoms with van der Waals surface area (Å²) in [6.07, 6.45) is 1.75. The summed E-state index contributed by atoms with van der Waals surface area (Å²) in [6.45, 7) is 5.37. The van der Waals surface area contributed by atoms with Gasteiger partial charge in [-0.15, -0.1) is 0 Å². The molecule has 0 saturated carbocycles. The second kappa shape index (κ2) is 5.09. The Hall–Kier alpha value is -1.13. The summed E-state index contributed by atoms with van der Waals surface area (Å²) in [5.74, 6) is 0. The maximum Gasteiger partial charge on any atom is 0.250 e. The third-order valence-electron chi connectivity index (χ3n) is 1.85. The highest BCUT2D eigenvalue weighted by Crippen LogP contribution is 1.96. The molecule has 15 heavy (non-hydrogen) atoms. The lowest BCUT2D eigenvalue weighted by molar-refractivity contribution is 0.0906. The summed E-state index contributed by atoms with van der Waals surface area (Å²) in [5, 5.41) is 0. The van der Waals surface area contributed by atoms with E-state index in [1.165, 1.54) is 6.07 Å². The van der Waals surface area contributed by atoms with Crippen molar-refractivity contribution >= 4 is 0 Å². The molecule has 0 radical (unpaired) electrons. The number of nitrogens with zero attached hydrogens (tertiary/aromatic N) is 1. The molecule has 0 saturated heterocycles. The fourth-order valence-electron chi connectivity index (χ4n) is 1.14. The zero-order valence-corrected chi connectivity index (χ0v) is 9.27. The molecule has 0 aliphatic carbocycles. The minimum absolute atomic E-state index is 0.00638. The van der Waals surface area contributed by atoms with Crippen molar-refractivity contribution in [3.05, 3.63) is 34.7 Å². The molecule has 0 fully saturated rings. The van der Waals surface area contributed by atoms with Crippen molar-refractivity contribution in [2.45, 2.75) is 25.9 Å². The second-order valence-electron chi connectivity index (χ2n) is 4.27. The standard InChI is InChI=1S/C11H18N2O2/c1-11(2,12)9-15-8-7-13-6-4-3-5-10(13)14/h3-6H,7-9,12H2,1-2H3. The fraction of sp³-hybridized carbons (Fsp3) is 0.545. The summed E-state index contributed by atoms with van der Waals surface area (Å²) in [5.41, 5.74) is 5.43. The molecule has 0 amide bonds. The van der Waals surface area contributed by atoms with E-state index in [0.29, 0.717) is 19.8 Å². The van der Waals surface area contributed by atoms with Gasteiger partial charge in [-0.25, -0.2) is 0 Å². The van der Waals surface area contributed by atoms with Crippen LogP contribution in [0.2, 0.25) is 0 Å². The third-order valence-corrected chi connectivity index (χ3v) is 1.85. The minimum Gasteiger partial charge on any atom is -0.378 e. The number of rotatable bonds is 5. The topological polar surface area (TPSA) is 57.2 Å². The van der Waals surface area contributed by atoms with Crippen LogP contribution in [0, 0.1) is 0 Å². The van der Waals surface area contributed by atoms with Crippen molar-refractivity contribution in [3.8, 4) is 0 Å². The van der Waals surface area contributed by atoms with Crippen LogP contribution < -0.4 is 11.3 Å². The van der Waals surface area contributed by atoms with Gasteiger partial charge < -0.3 is 15.0 Å². The van der Waals surface area contributed by atoms with Crippen LogP contribution in [-0.4, -0.2) is 23.3 Å². The Bertz CT molecular complexity index is 352. The van der Waals surface area contributed by atoms with E-state index in [0.717, 1.165) is 0 Å². The van der Waals surface area contributed by atoms with Crippen LogP contribution in [0.4, 0.5) is 0 Å². The van der Waals surface area contributed by atoms with E-state index >= 15 is 0 Å². The van der Waals surface area contributed by atoms with Crippen LogP contribution in [0.3, 0.4) is 0 Å². The van der Waals surface area contributed by atoms with Gasteiger partial charge in [0.1, 0.15) is 0 Å². The molecule has 2 N–H and O–H groups in total. The second-order valence-corrected chi connectivity index (χ2v) is 4.27. The molecule has 1 rings (SSSR count). The Morgan fingerprint density at radius 3 is 2.80 bits per heavy atom. The van der Waals surface area contributed by atoms with Gasteiger partial charge in [-0.2, -0.15) is 0 Å². The first-order valence-corrected chi connectivity index (χ1v) is 5.01. The molecule has 0 atom stereocenters. The first-order valence-electron chi connectivity index (χ1n) is 5.01. The molecule has 4 heteroatoms. The molecule has 0 bridgehead atoms. The molecule has 4 nitrogen and oxygen atoms in total. The first-order chi connectivity index (χ1) is 6.99. The zero-order chi connectivity index (χ0) is 11.3. The van der Waals surface area contributed by atoms with Crippen molar-refractivity contribution in [1.29, 1.82) is 0 Å². The zero-order valence-electron chi connectivity index (χ0n) is 9.27. The third kappa shape index (κ3) is 4.76. The highest BCUT2D eigenvalue weighted by atomic mass is 16.5. The van der Waals surface area contributed by atoms with Gasteiger partial charge in [0.05, 0.1) is 13.2 Å². The van der Waals surface area contributed by atoms with Crippen LogP contribution in [0.5, 0.6) is 0 Å². The highest BCUT2D eigenvalue weighted by Gasteiger charge is 2.09. The van der Waals surface area contributed by atoms with Gasteiger partial charge in [0.15, 0.2) is 0 Å². The molecule has 0 aliphatic heterocycles. The van der Waals surface area contributed by atoms with Crippen molar-refractivity contribution in [3.63, 3.8) is 0 Å². The highest BCUT2D eigenvalue weighted by molar-refractivity contribution is 4.92. The molecule has 0 unspecified atom stereocenters. The van der Waals surface area contributed by atoms with Crippen molar-refractivity contribution in [2.24, 2.45) is 5.73 Å². The summed E-state index contributed by atoms with van der Waals surface area (Å²) in [7, 11) is 0. The van der Waals surface area contributed by atoms with E-state index < -0.39 is 0 Å². The van der Waals surface area contributed by atoms with Crippen LogP contribution in [0.1, 0.15) is 13.8 Å². The molecular formula is C11H18N2O2. The SMILES string of the molecule is CC(C)(N)COCCn1ccccc1=O. The summed E-state index contributed by atoms with van der Waals surface area (Å²) < 4.78 is 6.99. The summed E-state index contributed by atoms with van der Waals surface area (Å²) >= 11 is 0. The number of nitrogens with two attached hydrogens (primary N) is 1. The molecule has 84 valence electrons. The lowest BCUT2D eigenvalue weighted by Crippen LogP contribution is -2.38.